The van der Waals surface area contributed by atoms with Gasteiger partial charge in [0.15, 0.2) is 0 Å². The van der Waals surface area contributed by atoms with Gasteiger partial charge in [-0.2, -0.15) is 0 Å². The second-order valence-corrected chi connectivity index (χ2v) is 8.46. The van der Waals surface area contributed by atoms with Crippen molar-refractivity contribution in [2.24, 2.45) is 0 Å². The number of nitrogens with zero attached hydrogens (tertiary/aromatic N) is 3. The number of aromatic nitrogens is 2. The van der Waals surface area contributed by atoms with E-state index in [0.717, 1.165) is 11.3 Å². The van der Waals surface area contributed by atoms with E-state index in [4.69, 9.17) is 4.74 Å². The van der Waals surface area contributed by atoms with E-state index in [1.54, 1.807) is 24.3 Å². The van der Waals surface area contributed by atoms with Crippen molar-refractivity contribution in [2.45, 2.75) is 25.6 Å². The monoisotopic (exact) mass is 485 g/mol. The van der Waals surface area contributed by atoms with E-state index in [1.165, 1.54) is 29.4 Å². The minimum absolute atomic E-state index is 0.102. The number of aliphatic hydroxyl groups excluding tert-OH is 1. The molecule has 0 radical (unpaired) electrons. The summed E-state index contributed by atoms with van der Waals surface area (Å²) < 4.78 is 24.0. The fraction of sp³-hybridized carbons (Fsp3) is 0.304. The lowest BCUT2D eigenvalue weighted by atomic mass is 10.00. The SMILES string of the molecule is CC(=O)NCC1CN(c2ccc(-c3ccc(C(CO)NCc4csnn4)cc3)c(F)c2)C(=O)O1. The predicted molar refractivity (Wildman–Crippen MR) is 125 cm³/mol. The second-order valence-electron chi connectivity index (χ2n) is 7.85. The molecule has 3 aromatic rings. The van der Waals surface area contributed by atoms with Gasteiger partial charge in [-0.25, -0.2) is 9.18 Å². The topological polar surface area (TPSA) is 117 Å². The third-order valence-electron chi connectivity index (χ3n) is 5.46. The number of carbonyl (C=O) groups is 2. The molecular weight excluding hydrogens is 461 g/mol. The van der Waals surface area contributed by atoms with Crippen molar-refractivity contribution in [3.05, 3.63) is 64.9 Å². The first kappa shape index (κ1) is 23.7. The smallest absolute Gasteiger partial charge is 0.414 e. The molecule has 178 valence electrons. The Morgan fingerprint density at radius 2 is 2.12 bits per heavy atom. The Bertz CT molecular complexity index is 1140. The van der Waals surface area contributed by atoms with Gasteiger partial charge in [0.25, 0.3) is 0 Å². The van der Waals surface area contributed by atoms with Crippen LogP contribution in [0, 0.1) is 5.82 Å². The molecule has 0 bridgehead atoms. The summed E-state index contributed by atoms with van der Waals surface area (Å²) in [7, 11) is 0. The average molecular weight is 486 g/mol. The maximum atomic E-state index is 15.0. The van der Waals surface area contributed by atoms with Crippen LogP contribution in [0.15, 0.2) is 47.8 Å². The van der Waals surface area contributed by atoms with Crippen LogP contribution in [0.1, 0.15) is 24.2 Å². The highest BCUT2D eigenvalue weighted by Gasteiger charge is 2.32. The van der Waals surface area contributed by atoms with Crippen LogP contribution in [0.2, 0.25) is 0 Å². The summed E-state index contributed by atoms with van der Waals surface area (Å²) in [4.78, 5) is 24.6. The van der Waals surface area contributed by atoms with Crippen LogP contribution < -0.4 is 15.5 Å². The predicted octanol–water partition coefficient (Wildman–Crippen LogP) is 2.63. The summed E-state index contributed by atoms with van der Waals surface area (Å²) in [5, 5.41) is 21.4. The number of cyclic esters (lactones) is 1. The number of hydrogen-bond donors (Lipinski definition) is 3. The zero-order valence-corrected chi connectivity index (χ0v) is 19.2. The van der Waals surface area contributed by atoms with Crippen molar-refractivity contribution in [3.63, 3.8) is 0 Å². The highest BCUT2D eigenvalue weighted by atomic mass is 32.1. The average Bonchev–Trinajstić information content (AvgIpc) is 3.48. The minimum Gasteiger partial charge on any atom is -0.442 e. The van der Waals surface area contributed by atoms with Crippen LogP contribution in [0.4, 0.5) is 14.9 Å². The minimum atomic E-state index is -0.581. The van der Waals surface area contributed by atoms with Crippen molar-refractivity contribution in [2.75, 3.05) is 24.6 Å². The molecule has 3 N–H and O–H groups in total. The first-order valence-corrected chi connectivity index (χ1v) is 11.5. The van der Waals surface area contributed by atoms with Gasteiger partial charge in [-0.1, -0.05) is 28.8 Å². The summed E-state index contributed by atoms with van der Waals surface area (Å²) in [5.74, 6) is -0.690. The maximum Gasteiger partial charge on any atom is 0.414 e. The molecule has 0 spiro atoms. The van der Waals surface area contributed by atoms with E-state index in [9.17, 15) is 19.1 Å². The molecule has 1 aliphatic rings. The number of amides is 2. The molecule has 1 aliphatic heterocycles. The second kappa shape index (κ2) is 10.7. The van der Waals surface area contributed by atoms with Crippen LogP contribution in [0.25, 0.3) is 11.1 Å². The van der Waals surface area contributed by atoms with Crippen molar-refractivity contribution >= 4 is 29.2 Å². The van der Waals surface area contributed by atoms with Gasteiger partial charge < -0.3 is 20.5 Å². The molecule has 0 aliphatic carbocycles. The summed E-state index contributed by atoms with van der Waals surface area (Å²) in [6.45, 7) is 2.18. The fourth-order valence-electron chi connectivity index (χ4n) is 3.67. The molecule has 2 heterocycles. The summed E-state index contributed by atoms with van der Waals surface area (Å²) in [6.07, 6.45) is -1.07. The molecule has 2 atom stereocenters. The van der Waals surface area contributed by atoms with Gasteiger partial charge in [-0.3, -0.25) is 9.69 Å². The van der Waals surface area contributed by atoms with Crippen LogP contribution in [0.3, 0.4) is 0 Å². The number of carbonyl (C=O) groups excluding carboxylic acids is 2. The zero-order valence-electron chi connectivity index (χ0n) is 18.4. The molecule has 4 rings (SSSR count). The molecular formula is C23H24FN5O4S. The molecule has 34 heavy (non-hydrogen) atoms. The highest BCUT2D eigenvalue weighted by Crippen LogP contribution is 2.30. The first-order chi connectivity index (χ1) is 16.4. The lowest BCUT2D eigenvalue weighted by Gasteiger charge is -2.17. The van der Waals surface area contributed by atoms with Gasteiger partial charge >= 0.3 is 6.09 Å². The van der Waals surface area contributed by atoms with E-state index in [2.05, 4.69) is 20.2 Å². The Labute approximate surface area is 199 Å². The molecule has 1 aromatic heterocycles. The lowest BCUT2D eigenvalue weighted by Crippen LogP contribution is -2.33. The Morgan fingerprint density at radius 3 is 2.76 bits per heavy atom. The van der Waals surface area contributed by atoms with Crippen molar-refractivity contribution < 1.29 is 23.8 Å². The summed E-state index contributed by atoms with van der Waals surface area (Å²) in [6, 6.07) is 11.5. The standard InChI is InChI=1S/C23H24FN5O4S/c1-14(31)25-10-19-11-29(23(32)33-19)18-6-7-20(21(24)8-18)15-2-4-16(5-3-15)22(12-30)26-9-17-13-34-28-27-17/h2-8,13,19,22,26,30H,9-12H2,1H3,(H,25,31). The number of nitrogens with one attached hydrogen (secondary N) is 2. The quantitative estimate of drug-likeness (QED) is 0.427. The maximum absolute atomic E-state index is 15.0. The largest absolute Gasteiger partial charge is 0.442 e. The van der Waals surface area contributed by atoms with Gasteiger partial charge in [0, 0.05) is 24.4 Å². The Balaban J connectivity index is 1.43. The summed E-state index contributed by atoms with van der Waals surface area (Å²) >= 11 is 1.26. The zero-order chi connectivity index (χ0) is 24.1. The van der Waals surface area contributed by atoms with E-state index in [0.29, 0.717) is 23.4 Å². The van der Waals surface area contributed by atoms with Crippen molar-refractivity contribution in [1.29, 1.82) is 0 Å². The van der Waals surface area contributed by atoms with Crippen LogP contribution in [-0.2, 0) is 16.1 Å². The third kappa shape index (κ3) is 5.56. The third-order valence-corrected chi connectivity index (χ3v) is 6.01. The van der Waals surface area contributed by atoms with Gasteiger partial charge in [0.05, 0.1) is 37.1 Å². The number of aliphatic hydroxyl groups is 1. The molecule has 11 heteroatoms. The number of benzene rings is 2. The first-order valence-electron chi connectivity index (χ1n) is 10.7. The molecule has 0 saturated carbocycles. The Kier molecular flexibility index (Phi) is 7.46. The number of hydrogen-bond acceptors (Lipinski definition) is 8. The van der Waals surface area contributed by atoms with Crippen LogP contribution in [-0.4, -0.2) is 52.5 Å². The Hall–Kier alpha value is -3.41. The van der Waals surface area contributed by atoms with E-state index >= 15 is 0 Å². The lowest BCUT2D eigenvalue weighted by molar-refractivity contribution is -0.119. The molecule has 9 nitrogen and oxygen atoms in total. The molecule has 2 unspecified atom stereocenters. The van der Waals surface area contributed by atoms with Crippen molar-refractivity contribution in [1.82, 2.24) is 20.2 Å². The van der Waals surface area contributed by atoms with Gasteiger partial charge in [0.2, 0.25) is 5.91 Å². The van der Waals surface area contributed by atoms with Crippen LogP contribution >= 0.6 is 11.5 Å². The summed E-state index contributed by atoms with van der Waals surface area (Å²) in [5.41, 5.74) is 3.09. The van der Waals surface area contributed by atoms with Gasteiger partial charge in [-0.15, -0.1) is 5.10 Å². The van der Waals surface area contributed by atoms with Crippen molar-refractivity contribution in [3.8, 4) is 11.1 Å². The number of halogens is 1. The molecule has 1 saturated heterocycles. The number of rotatable bonds is 9. The normalized spacial score (nSPS) is 16.4. The van der Waals surface area contributed by atoms with E-state index in [1.807, 2.05) is 17.5 Å². The van der Waals surface area contributed by atoms with E-state index < -0.39 is 18.0 Å². The highest BCUT2D eigenvalue weighted by molar-refractivity contribution is 7.03. The van der Waals surface area contributed by atoms with Gasteiger partial charge in [-0.05, 0) is 40.9 Å². The number of ether oxygens (including phenoxy) is 1. The van der Waals surface area contributed by atoms with Crippen LogP contribution in [0.5, 0.6) is 0 Å². The van der Waals surface area contributed by atoms with E-state index in [-0.39, 0.29) is 31.6 Å². The Morgan fingerprint density at radius 1 is 1.32 bits per heavy atom. The molecule has 2 amide bonds. The molecule has 2 aromatic carbocycles. The van der Waals surface area contributed by atoms with Gasteiger partial charge in [0.1, 0.15) is 11.9 Å². The molecule has 1 fully saturated rings. The number of anilines is 1. The fourth-order valence-corrected chi connectivity index (χ4v) is 4.13.